The molecule has 0 atom stereocenters. The molecule has 2 rings (SSSR count). The number of hydrogen-bond acceptors (Lipinski definition) is 5. The van der Waals surface area contributed by atoms with E-state index in [0.29, 0.717) is 17.9 Å². The van der Waals surface area contributed by atoms with Gasteiger partial charge in [-0.25, -0.2) is 0 Å². The van der Waals surface area contributed by atoms with Gasteiger partial charge in [0.15, 0.2) is 0 Å². The third-order valence-corrected chi connectivity index (χ3v) is 10.1. The second-order valence-electron chi connectivity index (χ2n) is 13.9. The van der Waals surface area contributed by atoms with Crippen LogP contribution in [0.4, 0.5) is 0 Å². The number of hydrogen-bond donors (Lipinski definition) is 1. The van der Waals surface area contributed by atoms with E-state index in [4.69, 9.17) is 4.74 Å². The van der Waals surface area contributed by atoms with Crippen molar-refractivity contribution < 1.29 is 14.6 Å². The van der Waals surface area contributed by atoms with Crippen molar-refractivity contribution in [2.45, 2.75) is 154 Å². The van der Waals surface area contributed by atoms with Crippen LogP contribution in [0.15, 0.2) is 34.1 Å². The van der Waals surface area contributed by atoms with Gasteiger partial charge in [0.2, 0.25) is 0 Å². The lowest BCUT2D eigenvalue weighted by atomic mass is 9.86. The summed E-state index contributed by atoms with van der Waals surface area (Å²) in [6.45, 7) is 19.2. The van der Waals surface area contributed by atoms with Crippen LogP contribution in [0.1, 0.15) is 141 Å². The molecule has 0 aliphatic heterocycles. The molecule has 0 fully saturated rings. The Morgan fingerprint density at radius 1 is 0.714 bits per heavy atom. The lowest BCUT2D eigenvalue weighted by Gasteiger charge is -2.25. The Morgan fingerprint density at radius 3 is 1.76 bits per heavy atom. The second kappa shape index (κ2) is 17.6. The Labute approximate surface area is 266 Å². The van der Waals surface area contributed by atoms with E-state index in [9.17, 15) is 9.90 Å². The molecule has 0 spiro atoms. The first-order chi connectivity index (χ1) is 19.7. The lowest BCUT2D eigenvalue weighted by molar-refractivity contribution is -0.133. The molecule has 3 nitrogen and oxygen atoms in total. The van der Waals surface area contributed by atoms with E-state index in [1.165, 1.54) is 64.2 Å². The van der Waals surface area contributed by atoms with Gasteiger partial charge in [-0.2, -0.15) is 11.8 Å². The van der Waals surface area contributed by atoms with E-state index < -0.39 is 0 Å². The van der Waals surface area contributed by atoms with Crippen LogP contribution in [0.5, 0.6) is 11.5 Å². The monoisotopic (exact) mass is 614 g/mol. The van der Waals surface area contributed by atoms with E-state index in [2.05, 4.69) is 67.5 Å². The van der Waals surface area contributed by atoms with E-state index in [0.717, 1.165) is 43.6 Å². The van der Waals surface area contributed by atoms with E-state index in [1.54, 1.807) is 11.8 Å². The number of carbonyl (C=O) groups excluding carboxylic acids is 1. The summed E-state index contributed by atoms with van der Waals surface area (Å²) in [5.74, 6) is 2.80. The summed E-state index contributed by atoms with van der Waals surface area (Å²) in [7, 11) is 0. The number of ether oxygens (including phenoxy) is 1. The molecule has 5 heteroatoms. The van der Waals surface area contributed by atoms with Gasteiger partial charge in [-0.05, 0) is 72.2 Å². The number of esters is 1. The Hall–Kier alpha value is -1.59. The summed E-state index contributed by atoms with van der Waals surface area (Å²) in [4.78, 5) is 15.1. The first-order valence-corrected chi connectivity index (χ1v) is 18.2. The summed E-state index contributed by atoms with van der Waals surface area (Å²) in [6, 6.07) is 8.20. The number of benzene rings is 2. The van der Waals surface area contributed by atoms with Crippen molar-refractivity contribution in [3.8, 4) is 11.5 Å². The number of aromatic hydroxyl groups is 1. The number of rotatable bonds is 17. The minimum Gasteiger partial charge on any atom is -0.508 e. The third-order valence-electron chi connectivity index (χ3n) is 7.72. The standard InChI is InChI=1S/C37H58O3S2/c1-10-11-12-13-14-15-16-17-18-19-21-41-22-20-35(39)40-32-24-28(3)34(26-30(32)37(7,8)9)42-33-25-29(36(4,5)6)31(38)23-27(33)2/h23-26,38H,10-22H2,1-9H3. The molecular formula is C37H58O3S2. The van der Waals surface area contributed by atoms with Gasteiger partial charge in [0, 0.05) is 26.7 Å². The predicted molar refractivity (Wildman–Crippen MR) is 185 cm³/mol. The molecule has 0 amide bonds. The zero-order valence-electron chi connectivity index (χ0n) is 28.1. The van der Waals surface area contributed by atoms with Crippen LogP contribution < -0.4 is 4.74 Å². The van der Waals surface area contributed by atoms with E-state index >= 15 is 0 Å². The number of phenolic OH excluding ortho intramolecular Hbond substituents is 1. The van der Waals surface area contributed by atoms with Gasteiger partial charge >= 0.3 is 5.97 Å². The molecule has 0 bridgehead atoms. The van der Waals surface area contributed by atoms with Crippen molar-refractivity contribution in [3.05, 3.63) is 46.5 Å². The molecule has 0 radical (unpaired) electrons. The van der Waals surface area contributed by atoms with Crippen molar-refractivity contribution in [3.63, 3.8) is 0 Å². The average molecular weight is 615 g/mol. The Bertz CT molecular complexity index is 1130. The van der Waals surface area contributed by atoms with Gasteiger partial charge in [-0.1, -0.05) is 118 Å². The number of phenols is 1. The smallest absolute Gasteiger partial charge is 0.312 e. The van der Waals surface area contributed by atoms with Gasteiger partial charge in [0.05, 0.1) is 6.42 Å². The molecule has 0 aliphatic rings. The third kappa shape index (κ3) is 12.6. The average Bonchev–Trinajstić information content (AvgIpc) is 2.88. The largest absolute Gasteiger partial charge is 0.508 e. The van der Waals surface area contributed by atoms with Crippen molar-refractivity contribution in [1.29, 1.82) is 0 Å². The number of aryl methyl sites for hydroxylation is 2. The van der Waals surface area contributed by atoms with Crippen LogP contribution in [0.2, 0.25) is 0 Å². The molecule has 0 aromatic heterocycles. The van der Waals surface area contributed by atoms with Gasteiger partial charge in [0.1, 0.15) is 11.5 Å². The maximum absolute atomic E-state index is 12.8. The Balaban J connectivity index is 1.91. The molecule has 0 heterocycles. The van der Waals surface area contributed by atoms with Crippen molar-refractivity contribution in [2.24, 2.45) is 0 Å². The first-order valence-electron chi connectivity index (χ1n) is 16.2. The number of carbonyl (C=O) groups is 1. The topological polar surface area (TPSA) is 46.5 Å². The number of thioether (sulfide) groups is 1. The fourth-order valence-electron chi connectivity index (χ4n) is 5.07. The van der Waals surface area contributed by atoms with Gasteiger partial charge < -0.3 is 9.84 Å². The zero-order valence-corrected chi connectivity index (χ0v) is 29.7. The molecule has 0 saturated heterocycles. The molecule has 42 heavy (non-hydrogen) atoms. The summed E-state index contributed by atoms with van der Waals surface area (Å²) >= 11 is 3.58. The zero-order chi connectivity index (χ0) is 31.3. The highest BCUT2D eigenvalue weighted by Crippen LogP contribution is 2.43. The molecule has 1 N–H and O–H groups in total. The minimum absolute atomic E-state index is 0.151. The van der Waals surface area contributed by atoms with Crippen LogP contribution in [-0.4, -0.2) is 22.6 Å². The molecule has 2 aromatic rings. The SMILES string of the molecule is CCCCCCCCCCCCSCCC(=O)Oc1cc(C)c(Sc2cc(C(C)(C)C)c(O)cc2C)cc1C(C)(C)C. The quantitative estimate of drug-likeness (QED) is 0.109. The summed E-state index contributed by atoms with van der Waals surface area (Å²) in [5, 5.41) is 10.6. The maximum Gasteiger partial charge on any atom is 0.312 e. The van der Waals surface area contributed by atoms with Crippen LogP contribution in [-0.2, 0) is 15.6 Å². The highest BCUT2D eigenvalue weighted by molar-refractivity contribution is 7.99. The fourth-order valence-corrected chi connectivity index (χ4v) is 7.02. The highest BCUT2D eigenvalue weighted by Gasteiger charge is 2.24. The highest BCUT2D eigenvalue weighted by atomic mass is 32.2. The molecule has 0 unspecified atom stereocenters. The lowest BCUT2D eigenvalue weighted by Crippen LogP contribution is -2.17. The van der Waals surface area contributed by atoms with Crippen molar-refractivity contribution >= 4 is 29.5 Å². The maximum atomic E-state index is 12.8. The second-order valence-corrected chi connectivity index (χ2v) is 16.2. The van der Waals surface area contributed by atoms with Crippen molar-refractivity contribution in [1.82, 2.24) is 0 Å². The summed E-state index contributed by atoms with van der Waals surface area (Å²) < 4.78 is 5.97. The van der Waals surface area contributed by atoms with E-state index in [-0.39, 0.29) is 16.8 Å². The number of unbranched alkanes of at least 4 members (excludes halogenated alkanes) is 9. The van der Waals surface area contributed by atoms with Gasteiger partial charge in [0.25, 0.3) is 0 Å². The molecule has 0 aliphatic carbocycles. The molecule has 2 aromatic carbocycles. The van der Waals surface area contributed by atoms with Crippen LogP contribution >= 0.6 is 23.5 Å². The van der Waals surface area contributed by atoms with E-state index in [1.807, 2.05) is 30.8 Å². The summed E-state index contributed by atoms with van der Waals surface area (Å²) in [5.41, 5.74) is 3.78. The van der Waals surface area contributed by atoms with Crippen LogP contribution in [0.3, 0.4) is 0 Å². The molecule has 236 valence electrons. The summed E-state index contributed by atoms with van der Waals surface area (Å²) in [6.07, 6.45) is 13.9. The fraction of sp³-hybridized carbons (Fsp3) is 0.649. The van der Waals surface area contributed by atoms with Gasteiger partial charge in [-0.15, -0.1) is 0 Å². The van der Waals surface area contributed by atoms with Crippen LogP contribution in [0.25, 0.3) is 0 Å². The van der Waals surface area contributed by atoms with Gasteiger partial charge in [-0.3, -0.25) is 4.79 Å². The Morgan fingerprint density at radius 2 is 1.21 bits per heavy atom. The van der Waals surface area contributed by atoms with Crippen molar-refractivity contribution in [2.75, 3.05) is 11.5 Å². The molecular weight excluding hydrogens is 557 g/mol. The minimum atomic E-state index is -0.177. The normalized spacial score (nSPS) is 12.1. The predicted octanol–water partition coefficient (Wildman–Crippen LogP) is 11.7. The Kier molecular flexibility index (Phi) is 15.4. The molecule has 0 saturated carbocycles. The van der Waals surface area contributed by atoms with Crippen LogP contribution in [0, 0.1) is 13.8 Å². The first kappa shape index (κ1) is 36.6.